The van der Waals surface area contributed by atoms with E-state index in [1.807, 2.05) is 19.9 Å². The van der Waals surface area contributed by atoms with E-state index in [1.165, 1.54) is 0 Å². The van der Waals surface area contributed by atoms with E-state index in [2.05, 4.69) is 19.2 Å². The van der Waals surface area contributed by atoms with E-state index in [1.54, 1.807) is 12.2 Å². The van der Waals surface area contributed by atoms with Crippen LogP contribution in [0.3, 0.4) is 0 Å². The smallest absolute Gasteiger partial charge is 0.0950 e. The third-order valence-electron chi connectivity index (χ3n) is 1.83. The molecule has 0 aliphatic heterocycles. The molecule has 0 aliphatic carbocycles. The Bertz CT molecular complexity index is 298. The molecular formula is C12H15N. The summed E-state index contributed by atoms with van der Waals surface area (Å²) in [7, 11) is 0. The van der Waals surface area contributed by atoms with Crippen molar-refractivity contribution in [3.63, 3.8) is 0 Å². The summed E-state index contributed by atoms with van der Waals surface area (Å²) in [6.07, 6.45) is 6.01. The van der Waals surface area contributed by atoms with Crippen molar-refractivity contribution in [1.29, 1.82) is 5.26 Å². The van der Waals surface area contributed by atoms with Gasteiger partial charge in [-0.2, -0.15) is 5.26 Å². The van der Waals surface area contributed by atoms with Gasteiger partial charge in [0.15, 0.2) is 0 Å². The molecule has 0 radical (unpaired) electrons. The molecule has 0 unspecified atom stereocenters. The Balaban J connectivity index is 4.81. The molecule has 0 saturated carbocycles. The van der Waals surface area contributed by atoms with Crippen molar-refractivity contribution in [2.75, 3.05) is 0 Å². The second-order valence-electron chi connectivity index (χ2n) is 2.84. The van der Waals surface area contributed by atoms with Gasteiger partial charge < -0.3 is 0 Å². The monoisotopic (exact) mass is 173 g/mol. The van der Waals surface area contributed by atoms with Crippen LogP contribution < -0.4 is 0 Å². The Morgan fingerprint density at radius 1 is 1.31 bits per heavy atom. The average molecular weight is 173 g/mol. The minimum absolute atomic E-state index is 0.623. The molecule has 0 heterocycles. The topological polar surface area (TPSA) is 23.8 Å². The van der Waals surface area contributed by atoms with Crippen LogP contribution in [0, 0.1) is 11.3 Å². The van der Waals surface area contributed by atoms with Crippen molar-refractivity contribution in [2.24, 2.45) is 0 Å². The molecule has 0 aromatic heterocycles. The van der Waals surface area contributed by atoms with Crippen molar-refractivity contribution in [2.45, 2.75) is 20.3 Å². The van der Waals surface area contributed by atoms with Gasteiger partial charge in [-0.3, -0.25) is 0 Å². The summed E-state index contributed by atoms with van der Waals surface area (Å²) in [5.41, 5.74) is 2.90. The van der Waals surface area contributed by atoms with Crippen LogP contribution in [-0.4, -0.2) is 0 Å². The first-order chi connectivity index (χ1) is 6.15. The van der Waals surface area contributed by atoms with Gasteiger partial charge in [0, 0.05) is 12.0 Å². The molecule has 1 heteroatoms. The van der Waals surface area contributed by atoms with Gasteiger partial charge in [0.25, 0.3) is 0 Å². The Hall–Kier alpha value is -1.55. The number of hydrogen-bond acceptors (Lipinski definition) is 1. The predicted molar refractivity (Wildman–Crippen MR) is 57.1 cm³/mol. The molecule has 0 aliphatic rings. The average Bonchev–Trinajstić information content (AvgIpc) is 2.15. The minimum atomic E-state index is 0.623. The summed E-state index contributed by atoms with van der Waals surface area (Å²) in [5, 5.41) is 8.75. The van der Waals surface area contributed by atoms with Crippen molar-refractivity contribution in [3.8, 4) is 6.07 Å². The van der Waals surface area contributed by atoms with Gasteiger partial charge >= 0.3 is 0 Å². The molecule has 0 N–H and O–H groups in total. The Labute approximate surface area is 80.4 Å². The number of nitrogens with zero attached hydrogens (tertiary/aromatic N) is 1. The minimum Gasteiger partial charge on any atom is -0.193 e. The number of allylic oxidation sites excluding steroid dienone is 6. The first kappa shape index (κ1) is 11.4. The molecule has 0 saturated heterocycles. The summed E-state index contributed by atoms with van der Waals surface area (Å²) in [5.74, 6) is 0. The highest BCUT2D eigenvalue weighted by atomic mass is 14.2. The maximum Gasteiger partial charge on any atom is 0.0950 e. The van der Waals surface area contributed by atoms with Gasteiger partial charge in [-0.25, -0.2) is 0 Å². The van der Waals surface area contributed by atoms with E-state index in [0.717, 1.165) is 16.7 Å². The molecule has 0 rings (SSSR count). The first-order valence-electron chi connectivity index (χ1n) is 4.17. The van der Waals surface area contributed by atoms with E-state index in [-0.39, 0.29) is 0 Å². The van der Waals surface area contributed by atoms with Crippen molar-refractivity contribution < 1.29 is 0 Å². The molecule has 0 bridgehead atoms. The lowest BCUT2D eigenvalue weighted by molar-refractivity contribution is 1.26. The van der Waals surface area contributed by atoms with Crippen LogP contribution in [-0.2, 0) is 0 Å². The summed E-state index contributed by atoms with van der Waals surface area (Å²) < 4.78 is 0. The second-order valence-corrected chi connectivity index (χ2v) is 2.84. The standard InChI is InChI=1S/C12H15N/c1-5-7-12(9-13)8-11(4)10(3)6-2/h5-6,8H,1-2,7H2,3-4H3/b11-10-,12-8+. The highest BCUT2D eigenvalue weighted by Gasteiger charge is 1.94. The van der Waals surface area contributed by atoms with Crippen molar-refractivity contribution >= 4 is 0 Å². The van der Waals surface area contributed by atoms with E-state index in [0.29, 0.717) is 6.42 Å². The zero-order valence-corrected chi connectivity index (χ0v) is 8.30. The summed E-state index contributed by atoms with van der Waals surface area (Å²) in [6.45, 7) is 11.2. The molecular weight excluding hydrogens is 158 g/mol. The molecule has 0 fully saturated rings. The highest BCUT2D eigenvalue weighted by molar-refractivity contribution is 5.36. The van der Waals surface area contributed by atoms with Gasteiger partial charge in [-0.1, -0.05) is 18.7 Å². The molecule has 68 valence electrons. The maximum atomic E-state index is 8.75. The maximum absolute atomic E-state index is 8.75. The van der Waals surface area contributed by atoms with Crippen LogP contribution in [0.25, 0.3) is 0 Å². The third kappa shape index (κ3) is 4.12. The summed E-state index contributed by atoms with van der Waals surface area (Å²) in [6, 6.07) is 2.13. The molecule has 0 atom stereocenters. The zero-order chi connectivity index (χ0) is 10.3. The van der Waals surface area contributed by atoms with E-state index < -0.39 is 0 Å². The Kier molecular flexibility index (Phi) is 5.30. The lowest BCUT2D eigenvalue weighted by Crippen LogP contribution is -1.81. The van der Waals surface area contributed by atoms with Gasteiger partial charge in [0.2, 0.25) is 0 Å². The SMILES string of the molecule is C=CC/C(C#N)=C\C(C)=C(\C)C=C. The summed E-state index contributed by atoms with van der Waals surface area (Å²) in [4.78, 5) is 0. The van der Waals surface area contributed by atoms with Gasteiger partial charge in [0.1, 0.15) is 0 Å². The largest absolute Gasteiger partial charge is 0.193 e. The lowest BCUT2D eigenvalue weighted by Gasteiger charge is -1.98. The van der Waals surface area contributed by atoms with Crippen molar-refractivity contribution in [3.05, 3.63) is 48.1 Å². The third-order valence-corrected chi connectivity index (χ3v) is 1.83. The van der Waals surface area contributed by atoms with Gasteiger partial charge in [0.05, 0.1) is 6.07 Å². The van der Waals surface area contributed by atoms with Crippen LogP contribution in [0.1, 0.15) is 20.3 Å². The van der Waals surface area contributed by atoms with Crippen LogP contribution >= 0.6 is 0 Å². The molecule has 0 spiro atoms. The fourth-order valence-electron chi connectivity index (χ4n) is 0.829. The normalized spacial score (nSPS) is 12.8. The van der Waals surface area contributed by atoms with Crippen LogP contribution in [0.2, 0.25) is 0 Å². The lowest BCUT2D eigenvalue weighted by atomic mass is 10.1. The number of nitriles is 1. The Morgan fingerprint density at radius 2 is 1.92 bits per heavy atom. The second kappa shape index (κ2) is 6.02. The predicted octanol–water partition coefficient (Wildman–Crippen LogP) is 3.53. The van der Waals surface area contributed by atoms with E-state index in [9.17, 15) is 0 Å². The number of rotatable bonds is 4. The molecule has 1 nitrogen and oxygen atoms in total. The quantitative estimate of drug-likeness (QED) is 0.362. The molecule has 0 aromatic carbocycles. The Morgan fingerprint density at radius 3 is 2.31 bits per heavy atom. The van der Waals surface area contributed by atoms with E-state index >= 15 is 0 Å². The van der Waals surface area contributed by atoms with Crippen LogP contribution in [0.15, 0.2) is 48.1 Å². The van der Waals surface area contributed by atoms with E-state index in [4.69, 9.17) is 5.26 Å². The van der Waals surface area contributed by atoms with Crippen LogP contribution in [0.4, 0.5) is 0 Å². The fraction of sp³-hybridized carbons (Fsp3) is 0.250. The summed E-state index contributed by atoms with van der Waals surface area (Å²) >= 11 is 0. The van der Waals surface area contributed by atoms with Crippen molar-refractivity contribution in [1.82, 2.24) is 0 Å². The number of hydrogen-bond donors (Lipinski definition) is 0. The molecule has 0 amide bonds. The highest BCUT2D eigenvalue weighted by Crippen LogP contribution is 2.10. The first-order valence-corrected chi connectivity index (χ1v) is 4.17. The molecule has 0 aromatic rings. The van der Waals surface area contributed by atoms with Crippen LogP contribution in [0.5, 0.6) is 0 Å². The van der Waals surface area contributed by atoms with Gasteiger partial charge in [-0.05, 0) is 31.1 Å². The van der Waals surface area contributed by atoms with Gasteiger partial charge in [-0.15, -0.1) is 6.58 Å². The zero-order valence-electron chi connectivity index (χ0n) is 8.30. The molecule has 13 heavy (non-hydrogen) atoms. The fourth-order valence-corrected chi connectivity index (χ4v) is 0.829.